The molecule has 2 aliphatic rings. The van der Waals surface area contributed by atoms with Gasteiger partial charge in [0.05, 0.1) is 10.5 Å². The van der Waals surface area contributed by atoms with Gasteiger partial charge in [0.2, 0.25) is 0 Å². The molecule has 0 unspecified atom stereocenters. The van der Waals surface area contributed by atoms with Gasteiger partial charge in [-0.05, 0) is 79.5 Å². The van der Waals surface area contributed by atoms with Crippen LogP contribution < -0.4 is 20.4 Å². The van der Waals surface area contributed by atoms with Crippen LogP contribution in [0, 0.1) is 21.8 Å². The molecule has 2 saturated heterocycles. The van der Waals surface area contributed by atoms with Crippen molar-refractivity contribution in [1.82, 2.24) is 10.2 Å². The molecule has 3 aromatic rings. The second-order valence-electron chi connectivity index (χ2n) is 10.8. The fraction of sp³-hybridized carbons (Fsp3) is 0.323. The number of nitro groups is 1. The third-order valence-electron chi connectivity index (χ3n) is 7.95. The molecule has 3 aromatic carbocycles. The summed E-state index contributed by atoms with van der Waals surface area (Å²) in [5.41, 5.74) is 2.25. The van der Waals surface area contributed by atoms with E-state index in [-0.39, 0.29) is 27.8 Å². The molecule has 0 aromatic heterocycles. The molecule has 2 heterocycles. The van der Waals surface area contributed by atoms with Gasteiger partial charge in [0.25, 0.3) is 17.5 Å². The summed E-state index contributed by atoms with van der Waals surface area (Å²) in [5.74, 6) is -0.783. The third-order valence-corrected chi connectivity index (χ3v) is 8.15. The summed E-state index contributed by atoms with van der Waals surface area (Å²) in [6, 6.07) is 18.0. The molecule has 2 aliphatic heterocycles. The summed E-state index contributed by atoms with van der Waals surface area (Å²) in [6.07, 6.45) is 1.93. The van der Waals surface area contributed by atoms with Crippen LogP contribution in [0.4, 0.5) is 27.1 Å². The first-order chi connectivity index (χ1) is 20.7. The standard InChI is InChI=1S/C31H33FN6O4S/c1-21-12-14-36(15-13-21)27-11-6-22(20-28(27)38(41)42)29(39)34-31(43)33-23-7-9-24(10-8-23)35-16-18-37(19-17-35)30(40)25-4-2-3-5-26(25)32/h2-11,20-21H,12-19H2,1H3,(H2,33,34,39,43). The van der Waals surface area contributed by atoms with E-state index in [1.165, 1.54) is 18.2 Å². The van der Waals surface area contributed by atoms with Crippen molar-refractivity contribution < 1.29 is 18.9 Å². The molecule has 2 amide bonds. The van der Waals surface area contributed by atoms with Crippen LogP contribution in [0.1, 0.15) is 40.5 Å². The lowest BCUT2D eigenvalue weighted by molar-refractivity contribution is -0.384. The van der Waals surface area contributed by atoms with Gasteiger partial charge >= 0.3 is 0 Å². The summed E-state index contributed by atoms with van der Waals surface area (Å²) in [7, 11) is 0. The predicted molar refractivity (Wildman–Crippen MR) is 168 cm³/mol. The monoisotopic (exact) mass is 604 g/mol. The molecule has 224 valence electrons. The number of carbonyl (C=O) groups is 2. The van der Waals surface area contributed by atoms with E-state index >= 15 is 0 Å². The van der Waals surface area contributed by atoms with Crippen LogP contribution in [-0.2, 0) is 0 Å². The number of nitro benzene ring substituents is 1. The fourth-order valence-electron chi connectivity index (χ4n) is 5.39. The van der Waals surface area contributed by atoms with Gasteiger partial charge in [-0.1, -0.05) is 19.1 Å². The zero-order valence-electron chi connectivity index (χ0n) is 23.8. The molecule has 0 aliphatic carbocycles. The van der Waals surface area contributed by atoms with Crippen LogP contribution >= 0.6 is 12.2 Å². The minimum absolute atomic E-state index is 0.0646. The largest absolute Gasteiger partial charge is 0.368 e. The Kier molecular flexibility index (Phi) is 9.15. The van der Waals surface area contributed by atoms with Crippen LogP contribution in [-0.4, -0.2) is 66.0 Å². The molecule has 0 radical (unpaired) electrons. The SMILES string of the molecule is CC1CCN(c2ccc(C(=O)NC(=S)Nc3ccc(N4CCN(C(=O)c5ccccc5F)CC4)cc3)cc2[N+](=O)[O-])CC1. The molecule has 0 saturated carbocycles. The Morgan fingerprint density at radius 1 is 0.930 bits per heavy atom. The molecule has 0 bridgehead atoms. The van der Waals surface area contributed by atoms with Crippen molar-refractivity contribution in [2.45, 2.75) is 19.8 Å². The highest BCUT2D eigenvalue weighted by atomic mass is 32.1. The number of nitrogens with one attached hydrogen (secondary N) is 2. The molecule has 12 heteroatoms. The van der Waals surface area contributed by atoms with Crippen LogP contribution in [0.2, 0.25) is 0 Å². The highest BCUT2D eigenvalue weighted by Crippen LogP contribution is 2.32. The zero-order chi connectivity index (χ0) is 30.5. The quantitative estimate of drug-likeness (QED) is 0.228. The highest BCUT2D eigenvalue weighted by Gasteiger charge is 2.26. The number of piperazine rings is 1. The maximum absolute atomic E-state index is 14.0. The van der Waals surface area contributed by atoms with E-state index in [2.05, 4.69) is 22.5 Å². The maximum atomic E-state index is 14.0. The molecule has 5 rings (SSSR count). The fourth-order valence-corrected chi connectivity index (χ4v) is 5.60. The highest BCUT2D eigenvalue weighted by molar-refractivity contribution is 7.80. The normalized spacial score (nSPS) is 15.6. The first-order valence-electron chi connectivity index (χ1n) is 14.2. The Morgan fingerprint density at radius 3 is 2.26 bits per heavy atom. The number of hydrogen-bond donors (Lipinski definition) is 2. The number of rotatable bonds is 6. The van der Waals surface area contributed by atoms with E-state index in [1.807, 2.05) is 29.2 Å². The Hall–Kier alpha value is -4.58. The van der Waals surface area contributed by atoms with Crippen LogP contribution in [0.25, 0.3) is 0 Å². The van der Waals surface area contributed by atoms with Gasteiger partial charge in [-0.15, -0.1) is 0 Å². The molecule has 2 N–H and O–H groups in total. The van der Waals surface area contributed by atoms with E-state index in [0.29, 0.717) is 43.5 Å². The Balaban J connectivity index is 1.14. The number of benzene rings is 3. The smallest absolute Gasteiger partial charge is 0.293 e. The zero-order valence-corrected chi connectivity index (χ0v) is 24.6. The molecule has 2 fully saturated rings. The summed E-state index contributed by atoms with van der Waals surface area (Å²) >= 11 is 5.32. The van der Waals surface area contributed by atoms with Crippen LogP contribution in [0.5, 0.6) is 0 Å². The number of nitrogens with zero attached hydrogens (tertiary/aromatic N) is 4. The van der Waals surface area contributed by atoms with Crippen molar-refractivity contribution in [2.75, 3.05) is 54.4 Å². The number of hydrogen-bond acceptors (Lipinski definition) is 7. The Labute approximate surface area is 254 Å². The first-order valence-corrected chi connectivity index (χ1v) is 14.6. The van der Waals surface area contributed by atoms with Crippen molar-refractivity contribution in [3.05, 3.63) is 93.8 Å². The third kappa shape index (κ3) is 7.08. The van der Waals surface area contributed by atoms with E-state index in [9.17, 15) is 24.1 Å². The average molecular weight is 605 g/mol. The second kappa shape index (κ2) is 13.2. The Morgan fingerprint density at radius 2 is 1.60 bits per heavy atom. The molecular weight excluding hydrogens is 571 g/mol. The van der Waals surface area contributed by atoms with E-state index in [0.717, 1.165) is 31.6 Å². The van der Waals surface area contributed by atoms with E-state index in [4.69, 9.17) is 12.2 Å². The summed E-state index contributed by atoms with van der Waals surface area (Å²) < 4.78 is 14.0. The lowest BCUT2D eigenvalue weighted by Crippen LogP contribution is -2.49. The summed E-state index contributed by atoms with van der Waals surface area (Å²) in [4.78, 5) is 42.7. The van der Waals surface area contributed by atoms with Crippen molar-refractivity contribution in [3.8, 4) is 0 Å². The van der Waals surface area contributed by atoms with Gasteiger partial charge < -0.3 is 20.0 Å². The number of halogens is 1. The van der Waals surface area contributed by atoms with Gasteiger partial charge in [0, 0.05) is 62.3 Å². The Bertz CT molecular complexity index is 1520. The number of carbonyl (C=O) groups excluding carboxylic acids is 2. The lowest BCUT2D eigenvalue weighted by Gasteiger charge is -2.36. The van der Waals surface area contributed by atoms with Gasteiger partial charge in [-0.25, -0.2) is 4.39 Å². The molecule has 0 atom stereocenters. The summed E-state index contributed by atoms with van der Waals surface area (Å²) in [6.45, 7) is 5.80. The van der Waals surface area contributed by atoms with Gasteiger partial charge in [0.15, 0.2) is 5.11 Å². The molecule has 0 spiro atoms. The molecule has 43 heavy (non-hydrogen) atoms. The second-order valence-corrected chi connectivity index (χ2v) is 11.3. The minimum Gasteiger partial charge on any atom is -0.368 e. The number of anilines is 3. The minimum atomic E-state index is -0.543. The van der Waals surface area contributed by atoms with Crippen LogP contribution in [0.15, 0.2) is 66.7 Å². The first kappa shape index (κ1) is 29.9. The topological polar surface area (TPSA) is 111 Å². The number of amides is 2. The number of piperidine rings is 1. The molecular formula is C31H33FN6O4S. The maximum Gasteiger partial charge on any atom is 0.293 e. The van der Waals surface area contributed by atoms with Gasteiger partial charge in [0.1, 0.15) is 11.5 Å². The number of thiocarbonyl (C=S) groups is 1. The van der Waals surface area contributed by atoms with Crippen molar-refractivity contribution in [1.29, 1.82) is 0 Å². The van der Waals surface area contributed by atoms with Gasteiger partial charge in [-0.3, -0.25) is 25.0 Å². The van der Waals surface area contributed by atoms with Crippen LogP contribution in [0.3, 0.4) is 0 Å². The van der Waals surface area contributed by atoms with Crippen molar-refractivity contribution in [2.24, 2.45) is 5.92 Å². The van der Waals surface area contributed by atoms with Crippen molar-refractivity contribution >= 4 is 51.9 Å². The van der Waals surface area contributed by atoms with E-state index < -0.39 is 16.6 Å². The average Bonchev–Trinajstić information content (AvgIpc) is 3.01. The van der Waals surface area contributed by atoms with Crippen molar-refractivity contribution in [3.63, 3.8) is 0 Å². The van der Waals surface area contributed by atoms with E-state index in [1.54, 1.807) is 29.2 Å². The lowest BCUT2D eigenvalue weighted by atomic mass is 9.98. The predicted octanol–water partition coefficient (Wildman–Crippen LogP) is 5.06. The summed E-state index contributed by atoms with van der Waals surface area (Å²) in [5, 5.41) is 17.4. The molecule has 10 nitrogen and oxygen atoms in total. The van der Waals surface area contributed by atoms with Gasteiger partial charge in [-0.2, -0.15) is 0 Å².